The predicted octanol–water partition coefficient (Wildman–Crippen LogP) is 1.55. The van der Waals surface area contributed by atoms with Gasteiger partial charge in [0.05, 0.1) is 12.7 Å². The van der Waals surface area contributed by atoms with Crippen LogP contribution in [0.1, 0.15) is 84.5 Å². The fourth-order valence-corrected chi connectivity index (χ4v) is 5.56. The molecule has 0 saturated carbocycles. The van der Waals surface area contributed by atoms with Crippen molar-refractivity contribution in [1.82, 2.24) is 0 Å². The second-order valence-corrected chi connectivity index (χ2v) is 12.0. The van der Waals surface area contributed by atoms with E-state index in [9.17, 15) is 35.1 Å². The van der Waals surface area contributed by atoms with Crippen LogP contribution in [0.5, 0.6) is 0 Å². The van der Waals surface area contributed by atoms with Gasteiger partial charge in [-0.25, -0.2) is 0 Å². The highest BCUT2D eigenvalue weighted by atomic mass is 16.8. The third-order valence-electron chi connectivity index (χ3n) is 8.18. The van der Waals surface area contributed by atoms with Gasteiger partial charge in [-0.3, -0.25) is 9.59 Å². The number of rotatable bonds is 3. The fraction of sp³-hybridized carbons (Fsp3) is 0.812. The van der Waals surface area contributed by atoms with Crippen LogP contribution in [0.25, 0.3) is 0 Å². The molecule has 0 aliphatic carbocycles. The highest BCUT2D eigenvalue weighted by Gasteiger charge is 2.52. The van der Waals surface area contributed by atoms with Crippen molar-refractivity contribution in [2.45, 2.75) is 152 Å². The first kappa shape index (κ1) is 37.5. The molecule has 0 radical (unpaired) electrons. The second kappa shape index (κ2) is 19.7. The summed E-state index contributed by atoms with van der Waals surface area (Å²) in [7, 11) is 0. The van der Waals surface area contributed by atoms with Crippen LogP contribution in [0.2, 0.25) is 0 Å². The van der Waals surface area contributed by atoms with E-state index < -0.39 is 80.0 Å². The van der Waals surface area contributed by atoms with Crippen LogP contribution in [-0.2, 0) is 38.0 Å². The number of aliphatic hydroxyl groups excluding tert-OH is 5. The Bertz CT molecular complexity index is 940. The molecule has 45 heavy (non-hydrogen) atoms. The SMILES string of the molecule is CC(=O)OCC1OC2OC(C)CCCC=CCC=CCCCCCCCC(=O)OC3C(CO)OC(OC2C(O)C1O)C(O)C3O. The first-order chi connectivity index (χ1) is 21.6. The summed E-state index contributed by atoms with van der Waals surface area (Å²) in [6.45, 7) is 1.99. The lowest BCUT2D eigenvalue weighted by molar-refractivity contribution is -0.371. The normalized spacial score (nSPS) is 38.6. The lowest BCUT2D eigenvalue weighted by Crippen LogP contribution is -2.65. The Morgan fingerprint density at radius 1 is 0.778 bits per heavy atom. The van der Waals surface area contributed by atoms with Gasteiger partial charge in [0.1, 0.15) is 49.3 Å². The summed E-state index contributed by atoms with van der Waals surface area (Å²) in [4.78, 5) is 23.9. The van der Waals surface area contributed by atoms with Gasteiger partial charge in [0, 0.05) is 13.3 Å². The Morgan fingerprint density at radius 3 is 2.13 bits per heavy atom. The van der Waals surface area contributed by atoms with Gasteiger partial charge in [0.2, 0.25) is 0 Å². The zero-order valence-electron chi connectivity index (χ0n) is 26.4. The molecule has 11 atom stereocenters. The minimum Gasteiger partial charge on any atom is -0.463 e. The highest BCUT2D eigenvalue weighted by molar-refractivity contribution is 5.69. The average molecular weight is 645 g/mol. The van der Waals surface area contributed by atoms with Crippen molar-refractivity contribution >= 4 is 11.9 Å². The third kappa shape index (κ3) is 12.0. The van der Waals surface area contributed by atoms with Gasteiger partial charge in [-0.15, -0.1) is 0 Å². The molecular weight excluding hydrogens is 592 g/mol. The number of allylic oxidation sites excluding steroid dienone is 4. The Balaban J connectivity index is 1.77. The van der Waals surface area contributed by atoms with E-state index in [1.807, 2.05) is 6.92 Å². The Kier molecular flexibility index (Phi) is 16.4. The van der Waals surface area contributed by atoms with Crippen LogP contribution >= 0.6 is 0 Å². The maximum Gasteiger partial charge on any atom is 0.306 e. The van der Waals surface area contributed by atoms with Crippen molar-refractivity contribution in [2.75, 3.05) is 13.2 Å². The largest absolute Gasteiger partial charge is 0.463 e. The van der Waals surface area contributed by atoms with E-state index in [4.69, 9.17) is 28.4 Å². The molecule has 2 fully saturated rings. The molecule has 2 saturated heterocycles. The highest BCUT2D eigenvalue weighted by Crippen LogP contribution is 2.32. The van der Waals surface area contributed by atoms with Gasteiger partial charge in [-0.05, 0) is 51.9 Å². The topological polar surface area (TPSA) is 191 Å². The Hall–Kier alpha value is -1.94. The molecule has 258 valence electrons. The quantitative estimate of drug-likeness (QED) is 0.220. The van der Waals surface area contributed by atoms with Gasteiger partial charge < -0.3 is 54.0 Å². The fourth-order valence-electron chi connectivity index (χ4n) is 5.56. The second-order valence-electron chi connectivity index (χ2n) is 12.0. The van der Waals surface area contributed by atoms with Crippen molar-refractivity contribution in [3.05, 3.63) is 24.3 Å². The Morgan fingerprint density at radius 2 is 1.42 bits per heavy atom. The van der Waals surface area contributed by atoms with E-state index in [2.05, 4.69) is 24.3 Å². The minimum absolute atomic E-state index is 0.110. The predicted molar refractivity (Wildman–Crippen MR) is 159 cm³/mol. The smallest absolute Gasteiger partial charge is 0.306 e. The molecule has 0 spiro atoms. The van der Waals surface area contributed by atoms with E-state index in [1.165, 1.54) is 6.92 Å². The zero-order valence-corrected chi connectivity index (χ0v) is 26.4. The maximum absolute atomic E-state index is 12.5. The number of aliphatic hydroxyl groups is 5. The zero-order chi connectivity index (χ0) is 32.8. The molecule has 5 N–H and O–H groups in total. The Labute approximate surface area is 265 Å². The van der Waals surface area contributed by atoms with Crippen molar-refractivity contribution in [1.29, 1.82) is 0 Å². The molecule has 4 aliphatic heterocycles. The molecule has 0 amide bonds. The van der Waals surface area contributed by atoms with Crippen LogP contribution in [0.4, 0.5) is 0 Å². The van der Waals surface area contributed by atoms with Gasteiger partial charge in [-0.2, -0.15) is 0 Å². The lowest BCUT2D eigenvalue weighted by Gasteiger charge is -2.46. The van der Waals surface area contributed by atoms with Gasteiger partial charge >= 0.3 is 11.9 Å². The van der Waals surface area contributed by atoms with Crippen molar-refractivity contribution in [3.63, 3.8) is 0 Å². The molecule has 0 aromatic rings. The first-order valence-electron chi connectivity index (χ1n) is 16.2. The lowest BCUT2D eigenvalue weighted by atomic mass is 9.97. The van der Waals surface area contributed by atoms with Crippen LogP contribution in [-0.4, -0.2) is 118 Å². The number of carbonyl (C=O) groups is 2. The molecule has 13 heteroatoms. The van der Waals surface area contributed by atoms with Crippen LogP contribution in [0, 0.1) is 0 Å². The van der Waals surface area contributed by atoms with Crippen LogP contribution < -0.4 is 0 Å². The van der Waals surface area contributed by atoms with Crippen molar-refractivity contribution in [3.8, 4) is 0 Å². The minimum atomic E-state index is -1.76. The number of hydrogen-bond acceptors (Lipinski definition) is 13. The monoisotopic (exact) mass is 644 g/mol. The number of carbonyl (C=O) groups excluding carboxylic acids is 2. The maximum atomic E-state index is 12.5. The summed E-state index contributed by atoms with van der Waals surface area (Å²) in [5.41, 5.74) is 0. The van der Waals surface area contributed by atoms with Gasteiger partial charge in [0.25, 0.3) is 0 Å². The number of ether oxygens (including phenoxy) is 6. The molecule has 0 aromatic heterocycles. The first-order valence-corrected chi connectivity index (χ1v) is 16.2. The van der Waals surface area contributed by atoms with Crippen molar-refractivity contribution < 1.29 is 63.5 Å². The average Bonchev–Trinajstić information content (AvgIpc) is 3.00. The summed E-state index contributed by atoms with van der Waals surface area (Å²) < 4.78 is 34.0. The number of esters is 2. The van der Waals surface area contributed by atoms with E-state index in [0.29, 0.717) is 12.8 Å². The van der Waals surface area contributed by atoms with Gasteiger partial charge in [-0.1, -0.05) is 43.6 Å². The molecule has 4 heterocycles. The van der Waals surface area contributed by atoms with E-state index in [1.54, 1.807) is 0 Å². The number of hydrogen-bond donors (Lipinski definition) is 5. The van der Waals surface area contributed by atoms with E-state index in [-0.39, 0.29) is 19.1 Å². The summed E-state index contributed by atoms with van der Waals surface area (Å²) in [6.07, 6.45) is 2.17. The number of fused-ring (bicyclic) bond motifs is 18. The summed E-state index contributed by atoms with van der Waals surface area (Å²) >= 11 is 0. The van der Waals surface area contributed by atoms with E-state index >= 15 is 0 Å². The summed E-state index contributed by atoms with van der Waals surface area (Å²) in [6, 6.07) is 0. The summed E-state index contributed by atoms with van der Waals surface area (Å²) in [5, 5.41) is 53.6. The molecule has 2 bridgehead atoms. The van der Waals surface area contributed by atoms with Crippen LogP contribution in [0.15, 0.2) is 24.3 Å². The van der Waals surface area contributed by atoms with Crippen molar-refractivity contribution in [2.24, 2.45) is 0 Å². The van der Waals surface area contributed by atoms with Gasteiger partial charge in [0.15, 0.2) is 18.7 Å². The molecule has 4 aliphatic rings. The molecule has 13 nitrogen and oxygen atoms in total. The molecule has 4 rings (SSSR count). The van der Waals surface area contributed by atoms with E-state index in [0.717, 1.165) is 51.4 Å². The molecular formula is C32H52O13. The summed E-state index contributed by atoms with van der Waals surface area (Å²) in [5.74, 6) is -1.19. The van der Waals surface area contributed by atoms with Crippen LogP contribution in [0.3, 0.4) is 0 Å². The third-order valence-corrected chi connectivity index (χ3v) is 8.18. The standard InChI is InChI=1S/C32H52O13/c1-20-16-14-12-10-8-6-4-3-5-7-9-11-13-15-17-24(35)44-29-22(18-33)42-31(28(39)27(29)38)45-30-26(37)25(36)23(19-40-21(2)34)43-32(30)41-20/h3-4,8,10,20,22-23,25-33,36-39H,5-7,9,11-19H2,1-2H3. The molecule has 11 unspecified atom stereocenters. The molecule has 0 aromatic carbocycles.